The number of benzene rings is 1. The Labute approximate surface area is 73.8 Å². The van der Waals surface area contributed by atoms with E-state index in [-0.39, 0.29) is 6.61 Å². The van der Waals surface area contributed by atoms with Gasteiger partial charge in [0, 0.05) is 12.7 Å². The van der Waals surface area contributed by atoms with Gasteiger partial charge in [-0.15, -0.1) is 0 Å². The lowest BCUT2D eigenvalue weighted by Crippen LogP contribution is -1.96. The largest absolute Gasteiger partial charge is 0.396 e. The minimum absolute atomic E-state index is 0.108. The van der Waals surface area contributed by atoms with E-state index in [1.54, 1.807) is 0 Å². The number of aliphatic hydroxyl groups excluding tert-OH is 1. The van der Waals surface area contributed by atoms with Crippen molar-refractivity contribution in [2.45, 2.75) is 6.42 Å². The minimum atomic E-state index is -0.855. The van der Waals surface area contributed by atoms with E-state index in [9.17, 15) is 14.5 Å². The van der Waals surface area contributed by atoms with Gasteiger partial charge in [-0.25, -0.2) is 0 Å². The van der Waals surface area contributed by atoms with Gasteiger partial charge in [0.1, 0.15) is 0 Å². The van der Waals surface area contributed by atoms with Crippen LogP contribution in [0.4, 0.5) is 10.1 Å². The normalized spacial score (nSPS) is 10.0. The van der Waals surface area contributed by atoms with Crippen LogP contribution in [0.5, 0.6) is 0 Å². The van der Waals surface area contributed by atoms with Crippen molar-refractivity contribution in [1.82, 2.24) is 0 Å². The van der Waals surface area contributed by atoms with Gasteiger partial charge in [-0.2, -0.15) is 4.39 Å². The zero-order valence-electron chi connectivity index (χ0n) is 6.74. The van der Waals surface area contributed by atoms with Gasteiger partial charge in [0.05, 0.1) is 4.92 Å². The molecule has 1 N–H and O–H groups in total. The molecule has 0 fully saturated rings. The van der Waals surface area contributed by atoms with E-state index in [0.717, 1.165) is 12.1 Å². The van der Waals surface area contributed by atoms with Crippen molar-refractivity contribution in [3.63, 3.8) is 0 Å². The van der Waals surface area contributed by atoms with Gasteiger partial charge in [-0.3, -0.25) is 10.1 Å². The van der Waals surface area contributed by atoms with Crippen LogP contribution in [-0.4, -0.2) is 16.6 Å². The molecule has 1 aromatic carbocycles. The fraction of sp³-hybridized carbons (Fsp3) is 0.250. The van der Waals surface area contributed by atoms with Gasteiger partial charge in [-0.05, 0) is 18.1 Å². The van der Waals surface area contributed by atoms with Gasteiger partial charge in [0.25, 0.3) is 0 Å². The summed E-state index contributed by atoms with van der Waals surface area (Å²) in [4.78, 5) is 9.50. The second-order valence-electron chi connectivity index (χ2n) is 2.52. The van der Waals surface area contributed by atoms with Crippen LogP contribution in [0, 0.1) is 15.9 Å². The summed E-state index contributed by atoms with van der Waals surface area (Å²) in [6.45, 7) is -0.108. The van der Waals surface area contributed by atoms with Crippen LogP contribution >= 0.6 is 0 Å². The molecule has 5 heteroatoms. The van der Waals surface area contributed by atoms with Crippen molar-refractivity contribution in [3.05, 3.63) is 39.7 Å². The monoisotopic (exact) mass is 185 g/mol. The molecule has 0 aliphatic carbocycles. The van der Waals surface area contributed by atoms with E-state index >= 15 is 0 Å². The van der Waals surface area contributed by atoms with Crippen molar-refractivity contribution in [2.75, 3.05) is 6.61 Å². The predicted octanol–water partition coefficient (Wildman–Crippen LogP) is 1.27. The summed E-state index contributed by atoms with van der Waals surface area (Å²) in [5, 5.41) is 18.8. The number of aliphatic hydroxyl groups is 1. The van der Waals surface area contributed by atoms with Crippen molar-refractivity contribution in [1.29, 1.82) is 0 Å². The lowest BCUT2D eigenvalue weighted by molar-refractivity contribution is -0.387. The van der Waals surface area contributed by atoms with Crippen molar-refractivity contribution in [2.24, 2.45) is 0 Å². The Balaban J connectivity index is 3.04. The molecule has 0 heterocycles. The molecule has 0 spiro atoms. The fourth-order valence-corrected chi connectivity index (χ4v) is 0.983. The number of hydrogen-bond donors (Lipinski definition) is 1. The molecular weight excluding hydrogens is 177 g/mol. The molecular formula is C8H8FNO3. The molecule has 1 rings (SSSR count). The molecule has 70 valence electrons. The first-order valence-electron chi connectivity index (χ1n) is 3.69. The Hall–Kier alpha value is -1.49. The highest BCUT2D eigenvalue weighted by atomic mass is 19.1. The summed E-state index contributed by atoms with van der Waals surface area (Å²) >= 11 is 0. The number of hydrogen-bond acceptors (Lipinski definition) is 3. The van der Waals surface area contributed by atoms with Crippen LogP contribution in [-0.2, 0) is 6.42 Å². The van der Waals surface area contributed by atoms with E-state index in [4.69, 9.17) is 5.11 Å². The smallest absolute Gasteiger partial charge is 0.305 e. The summed E-state index contributed by atoms with van der Waals surface area (Å²) in [5.74, 6) is -0.855. The lowest BCUT2D eigenvalue weighted by atomic mass is 10.1. The first-order valence-corrected chi connectivity index (χ1v) is 3.69. The molecule has 0 atom stereocenters. The van der Waals surface area contributed by atoms with Crippen LogP contribution in [0.2, 0.25) is 0 Å². The molecule has 0 aliphatic rings. The maximum atomic E-state index is 12.8. The Morgan fingerprint density at radius 3 is 2.77 bits per heavy atom. The second kappa shape index (κ2) is 3.95. The minimum Gasteiger partial charge on any atom is -0.396 e. The molecule has 0 saturated carbocycles. The average Bonchev–Trinajstić information content (AvgIpc) is 2.08. The van der Waals surface area contributed by atoms with Crippen molar-refractivity contribution >= 4 is 5.69 Å². The maximum Gasteiger partial charge on any atom is 0.305 e. The number of nitrogens with zero attached hydrogens (tertiary/aromatic N) is 1. The van der Waals surface area contributed by atoms with Crippen LogP contribution in [0.3, 0.4) is 0 Å². The Morgan fingerprint density at radius 1 is 1.54 bits per heavy atom. The molecule has 0 saturated heterocycles. The van der Waals surface area contributed by atoms with Crippen molar-refractivity contribution < 1.29 is 14.4 Å². The number of halogens is 1. The van der Waals surface area contributed by atoms with Gasteiger partial charge in [0.15, 0.2) is 0 Å². The molecule has 0 aliphatic heterocycles. The molecule has 4 nitrogen and oxygen atoms in total. The van der Waals surface area contributed by atoms with Crippen LogP contribution < -0.4 is 0 Å². The van der Waals surface area contributed by atoms with Gasteiger partial charge in [0.2, 0.25) is 5.82 Å². The summed E-state index contributed by atoms with van der Waals surface area (Å²) < 4.78 is 12.8. The van der Waals surface area contributed by atoms with E-state index in [0.29, 0.717) is 12.0 Å². The van der Waals surface area contributed by atoms with Crippen LogP contribution in [0.15, 0.2) is 18.2 Å². The Kier molecular flexibility index (Phi) is 2.92. The summed E-state index contributed by atoms with van der Waals surface area (Å²) in [6, 6.07) is 3.58. The zero-order chi connectivity index (χ0) is 9.84. The maximum absolute atomic E-state index is 12.8. The van der Waals surface area contributed by atoms with Gasteiger partial charge < -0.3 is 5.11 Å². The van der Waals surface area contributed by atoms with E-state index in [1.807, 2.05) is 0 Å². The molecule has 1 aromatic rings. The second-order valence-corrected chi connectivity index (χ2v) is 2.52. The molecule has 0 aromatic heterocycles. The van der Waals surface area contributed by atoms with Gasteiger partial charge >= 0.3 is 5.69 Å². The third-order valence-electron chi connectivity index (χ3n) is 1.61. The first-order chi connectivity index (χ1) is 6.15. The lowest BCUT2D eigenvalue weighted by Gasteiger charge is -1.98. The van der Waals surface area contributed by atoms with E-state index in [1.165, 1.54) is 6.07 Å². The standard InChI is InChI=1S/C8H8FNO3/c9-7-2-1-6(3-4-11)5-8(7)10(12)13/h1-2,5,11H,3-4H2. The number of nitro benzene ring substituents is 1. The fourth-order valence-electron chi connectivity index (χ4n) is 0.983. The van der Waals surface area contributed by atoms with E-state index in [2.05, 4.69) is 0 Å². The topological polar surface area (TPSA) is 63.4 Å². The summed E-state index contributed by atoms with van der Waals surface area (Å²) in [7, 11) is 0. The number of rotatable bonds is 3. The SMILES string of the molecule is O=[N+]([O-])c1cc(CCO)ccc1F. The summed E-state index contributed by atoms with van der Waals surface area (Å²) in [5.41, 5.74) is 0.00144. The predicted molar refractivity (Wildman–Crippen MR) is 43.8 cm³/mol. The highest BCUT2D eigenvalue weighted by Gasteiger charge is 2.13. The van der Waals surface area contributed by atoms with Crippen molar-refractivity contribution in [3.8, 4) is 0 Å². The van der Waals surface area contributed by atoms with E-state index < -0.39 is 16.4 Å². The Morgan fingerprint density at radius 2 is 2.23 bits per heavy atom. The van der Waals surface area contributed by atoms with Crippen LogP contribution in [0.1, 0.15) is 5.56 Å². The quantitative estimate of drug-likeness (QED) is 0.569. The van der Waals surface area contributed by atoms with Crippen LogP contribution in [0.25, 0.3) is 0 Å². The Bertz CT molecular complexity index is 327. The third kappa shape index (κ3) is 2.22. The highest BCUT2D eigenvalue weighted by molar-refractivity contribution is 5.36. The number of nitro groups is 1. The average molecular weight is 185 g/mol. The highest BCUT2D eigenvalue weighted by Crippen LogP contribution is 2.18. The molecule has 0 amide bonds. The summed E-state index contributed by atoms with van der Waals surface area (Å²) in [6.07, 6.45) is 0.293. The molecule has 0 bridgehead atoms. The molecule has 13 heavy (non-hydrogen) atoms. The molecule has 0 radical (unpaired) electrons. The molecule has 0 unspecified atom stereocenters. The third-order valence-corrected chi connectivity index (χ3v) is 1.61. The first kappa shape index (κ1) is 9.60. The zero-order valence-corrected chi connectivity index (χ0v) is 6.74. The van der Waals surface area contributed by atoms with Gasteiger partial charge in [-0.1, -0.05) is 6.07 Å².